The van der Waals surface area contributed by atoms with E-state index in [-0.39, 0.29) is 0 Å². The van der Waals surface area contributed by atoms with Gasteiger partial charge in [-0.15, -0.1) is 0 Å². The fraction of sp³-hybridized carbons (Fsp3) is 0.150. The molecule has 4 rings (SSSR count). The molecule has 0 aliphatic heterocycles. The van der Waals surface area contributed by atoms with Crippen molar-refractivity contribution >= 4 is 32.4 Å². The molecule has 114 valence electrons. The van der Waals surface area contributed by atoms with Crippen LogP contribution in [0.1, 0.15) is 0 Å². The second-order valence-electron chi connectivity index (χ2n) is 5.72. The standard InChI is InChI=1S/C20H18NO2/c1-21-12-14-6-4-5-7-15(14)16-9-8-13-10-18(22-2)19(23-3)11-17(13)20(16)21/h4-12H,1-3H3/q+1. The van der Waals surface area contributed by atoms with Crippen molar-refractivity contribution in [1.29, 1.82) is 0 Å². The van der Waals surface area contributed by atoms with Crippen LogP contribution < -0.4 is 14.0 Å². The number of ether oxygens (including phenoxy) is 2. The first-order valence-electron chi connectivity index (χ1n) is 7.59. The Bertz CT molecular complexity index is 1050. The SMILES string of the molecule is COc1cc2ccc3c4ccccc4c[n+](C)c3c2cc1OC. The van der Waals surface area contributed by atoms with Crippen LogP contribution in [0.3, 0.4) is 0 Å². The molecule has 0 aliphatic carbocycles. The first-order chi connectivity index (χ1) is 11.2. The number of rotatable bonds is 2. The maximum Gasteiger partial charge on any atom is 0.220 e. The molecular weight excluding hydrogens is 286 g/mol. The highest BCUT2D eigenvalue weighted by Crippen LogP contribution is 2.36. The minimum Gasteiger partial charge on any atom is -0.493 e. The zero-order chi connectivity index (χ0) is 16.0. The van der Waals surface area contributed by atoms with E-state index in [0.29, 0.717) is 0 Å². The van der Waals surface area contributed by atoms with Crippen LogP contribution in [-0.2, 0) is 7.05 Å². The van der Waals surface area contributed by atoms with E-state index in [1.165, 1.54) is 21.7 Å². The van der Waals surface area contributed by atoms with E-state index in [0.717, 1.165) is 22.3 Å². The number of nitrogens with zero attached hydrogens (tertiary/aromatic N) is 1. The molecule has 23 heavy (non-hydrogen) atoms. The molecule has 0 aliphatic rings. The van der Waals surface area contributed by atoms with Crippen LogP contribution in [0.15, 0.2) is 54.7 Å². The largest absolute Gasteiger partial charge is 0.493 e. The van der Waals surface area contributed by atoms with Crippen LogP contribution in [0.5, 0.6) is 11.5 Å². The summed E-state index contributed by atoms with van der Waals surface area (Å²) in [6.07, 6.45) is 2.17. The Morgan fingerprint density at radius 1 is 0.739 bits per heavy atom. The lowest BCUT2D eigenvalue weighted by atomic mass is 10.0. The summed E-state index contributed by atoms with van der Waals surface area (Å²) < 4.78 is 13.1. The third kappa shape index (κ3) is 2.00. The fourth-order valence-electron chi connectivity index (χ4n) is 3.36. The van der Waals surface area contributed by atoms with E-state index in [1.54, 1.807) is 14.2 Å². The smallest absolute Gasteiger partial charge is 0.220 e. The highest BCUT2D eigenvalue weighted by atomic mass is 16.5. The molecule has 3 aromatic carbocycles. The highest BCUT2D eigenvalue weighted by Gasteiger charge is 2.16. The lowest BCUT2D eigenvalue weighted by Crippen LogP contribution is -2.28. The van der Waals surface area contributed by atoms with Gasteiger partial charge in [-0.2, -0.15) is 4.57 Å². The Morgan fingerprint density at radius 3 is 2.26 bits per heavy atom. The van der Waals surface area contributed by atoms with E-state index < -0.39 is 0 Å². The summed E-state index contributed by atoms with van der Waals surface area (Å²) in [6, 6.07) is 16.9. The monoisotopic (exact) mass is 304 g/mol. The van der Waals surface area contributed by atoms with Crippen LogP contribution in [0.4, 0.5) is 0 Å². The van der Waals surface area contributed by atoms with Crippen LogP contribution in [0.25, 0.3) is 32.4 Å². The molecule has 0 saturated carbocycles. The quantitative estimate of drug-likeness (QED) is 0.413. The second kappa shape index (κ2) is 5.13. The van der Waals surface area contributed by atoms with Crippen molar-refractivity contribution < 1.29 is 14.0 Å². The van der Waals surface area contributed by atoms with Crippen LogP contribution in [-0.4, -0.2) is 14.2 Å². The van der Waals surface area contributed by atoms with E-state index in [2.05, 4.69) is 60.3 Å². The van der Waals surface area contributed by atoms with Crippen molar-refractivity contribution in [3.63, 3.8) is 0 Å². The van der Waals surface area contributed by atoms with E-state index >= 15 is 0 Å². The molecule has 3 nitrogen and oxygen atoms in total. The Hall–Kier alpha value is -2.81. The number of benzene rings is 3. The molecule has 1 aromatic heterocycles. The van der Waals surface area contributed by atoms with Gasteiger partial charge in [-0.3, -0.25) is 0 Å². The van der Waals surface area contributed by atoms with Crippen LogP contribution in [0.2, 0.25) is 0 Å². The number of hydrogen-bond donors (Lipinski definition) is 0. The summed E-state index contributed by atoms with van der Waals surface area (Å²) in [5, 5.41) is 6.04. The molecule has 0 unspecified atom stereocenters. The van der Waals surface area contributed by atoms with Gasteiger partial charge in [-0.1, -0.05) is 24.3 Å². The normalized spacial score (nSPS) is 11.3. The number of fused-ring (bicyclic) bond motifs is 5. The van der Waals surface area contributed by atoms with Gasteiger partial charge in [0.15, 0.2) is 17.7 Å². The third-order valence-electron chi connectivity index (χ3n) is 4.43. The number of aromatic nitrogens is 1. The van der Waals surface area contributed by atoms with E-state index in [4.69, 9.17) is 9.47 Å². The van der Waals surface area contributed by atoms with Crippen molar-refractivity contribution in [3.8, 4) is 11.5 Å². The van der Waals surface area contributed by atoms with Crippen molar-refractivity contribution in [3.05, 3.63) is 54.7 Å². The predicted octanol–water partition coefficient (Wildman–Crippen LogP) is 3.99. The molecule has 0 fully saturated rings. The van der Waals surface area contributed by atoms with Gasteiger partial charge in [0.1, 0.15) is 7.05 Å². The summed E-state index contributed by atoms with van der Waals surface area (Å²) in [7, 11) is 5.42. The average Bonchev–Trinajstić information content (AvgIpc) is 2.59. The van der Waals surface area contributed by atoms with Crippen molar-refractivity contribution in [2.75, 3.05) is 14.2 Å². The van der Waals surface area contributed by atoms with Gasteiger partial charge in [0.25, 0.3) is 0 Å². The molecule has 0 amide bonds. The van der Waals surface area contributed by atoms with Crippen molar-refractivity contribution in [1.82, 2.24) is 0 Å². The Balaban J connectivity index is 2.22. The first-order valence-corrected chi connectivity index (χ1v) is 7.59. The van der Waals surface area contributed by atoms with Crippen molar-refractivity contribution in [2.24, 2.45) is 7.05 Å². The lowest BCUT2D eigenvalue weighted by Gasteiger charge is -2.10. The van der Waals surface area contributed by atoms with Gasteiger partial charge in [0.2, 0.25) is 5.52 Å². The summed E-state index contributed by atoms with van der Waals surface area (Å²) in [5.41, 5.74) is 1.20. The molecule has 4 aromatic rings. The molecule has 0 radical (unpaired) electrons. The minimum atomic E-state index is 0.751. The Labute approximate surface area is 134 Å². The maximum atomic E-state index is 5.49. The van der Waals surface area contributed by atoms with Gasteiger partial charge in [-0.05, 0) is 29.7 Å². The molecular formula is C20H18NO2+. The summed E-state index contributed by atoms with van der Waals surface area (Å²) in [6.45, 7) is 0. The highest BCUT2D eigenvalue weighted by molar-refractivity contribution is 6.13. The summed E-state index contributed by atoms with van der Waals surface area (Å²) >= 11 is 0. The van der Waals surface area contributed by atoms with Gasteiger partial charge < -0.3 is 9.47 Å². The molecule has 0 atom stereocenters. The predicted molar refractivity (Wildman–Crippen MR) is 93.2 cm³/mol. The molecule has 0 bridgehead atoms. The number of pyridine rings is 1. The molecule has 3 heteroatoms. The zero-order valence-corrected chi connectivity index (χ0v) is 13.5. The van der Waals surface area contributed by atoms with Gasteiger partial charge in [-0.25, -0.2) is 0 Å². The topological polar surface area (TPSA) is 22.3 Å². The molecule has 0 spiro atoms. The van der Waals surface area contributed by atoms with Crippen LogP contribution >= 0.6 is 0 Å². The number of hydrogen-bond acceptors (Lipinski definition) is 2. The minimum absolute atomic E-state index is 0.751. The second-order valence-corrected chi connectivity index (χ2v) is 5.72. The molecule has 1 heterocycles. The summed E-state index contributed by atoms with van der Waals surface area (Å²) in [4.78, 5) is 0. The summed E-state index contributed by atoms with van der Waals surface area (Å²) in [5.74, 6) is 1.50. The van der Waals surface area contributed by atoms with Gasteiger partial charge in [0, 0.05) is 10.8 Å². The van der Waals surface area contributed by atoms with Gasteiger partial charge >= 0.3 is 0 Å². The lowest BCUT2D eigenvalue weighted by molar-refractivity contribution is -0.642. The molecule has 0 saturated heterocycles. The number of aryl methyl sites for hydroxylation is 1. The zero-order valence-electron chi connectivity index (χ0n) is 13.5. The average molecular weight is 304 g/mol. The first kappa shape index (κ1) is 13.8. The number of methoxy groups -OCH3 is 2. The van der Waals surface area contributed by atoms with Crippen molar-refractivity contribution in [2.45, 2.75) is 0 Å². The van der Waals surface area contributed by atoms with E-state index in [1.807, 2.05) is 6.07 Å². The van der Waals surface area contributed by atoms with Crippen LogP contribution in [0, 0.1) is 0 Å². The third-order valence-corrected chi connectivity index (χ3v) is 4.43. The van der Waals surface area contributed by atoms with E-state index in [9.17, 15) is 0 Å². The Kier molecular flexibility index (Phi) is 3.08. The van der Waals surface area contributed by atoms with Gasteiger partial charge in [0.05, 0.1) is 25.0 Å². The fourth-order valence-corrected chi connectivity index (χ4v) is 3.36. The Morgan fingerprint density at radius 2 is 1.48 bits per heavy atom. The molecule has 0 N–H and O–H groups in total. The maximum absolute atomic E-state index is 5.49.